The lowest BCUT2D eigenvalue weighted by atomic mass is 9.66. The third-order valence-corrected chi connectivity index (χ3v) is 3.55. The Balaban J connectivity index is 2.09. The lowest BCUT2D eigenvalue weighted by Gasteiger charge is -2.39. The Morgan fingerprint density at radius 3 is 2.67 bits per heavy atom. The normalized spacial score (nSPS) is 24.7. The second kappa shape index (κ2) is 3.83. The van der Waals surface area contributed by atoms with Crippen LogP contribution in [0.15, 0.2) is 0 Å². The molecule has 2 rings (SSSR count). The highest BCUT2D eigenvalue weighted by Gasteiger charge is 2.43. The number of imide groups is 1. The molecule has 3 amide bonds. The summed E-state index contributed by atoms with van der Waals surface area (Å²) < 4.78 is 0. The van der Waals surface area contributed by atoms with E-state index in [0.29, 0.717) is 19.5 Å². The fraction of sp³-hybridized carbons (Fsp3) is 0.818. The number of hydrogen-bond acceptors (Lipinski definition) is 2. The topological polar surface area (TPSA) is 49.4 Å². The van der Waals surface area contributed by atoms with Crippen molar-refractivity contribution in [1.82, 2.24) is 10.2 Å². The van der Waals surface area contributed by atoms with E-state index in [1.807, 2.05) is 6.92 Å². The van der Waals surface area contributed by atoms with E-state index in [9.17, 15) is 9.59 Å². The Labute approximate surface area is 90.0 Å². The highest BCUT2D eigenvalue weighted by Crippen LogP contribution is 2.44. The van der Waals surface area contributed by atoms with Gasteiger partial charge in [0.05, 0.1) is 0 Å². The highest BCUT2D eigenvalue weighted by molar-refractivity contribution is 5.95. The van der Waals surface area contributed by atoms with Gasteiger partial charge in [-0.1, -0.05) is 13.3 Å². The summed E-state index contributed by atoms with van der Waals surface area (Å²) in [6.07, 6.45) is 4.73. The van der Waals surface area contributed by atoms with Crippen LogP contribution in [0.2, 0.25) is 0 Å². The minimum atomic E-state index is -0.203. The van der Waals surface area contributed by atoms with Crippen molar-refractivity contribution >= 4 is 11.9 Å². The summed E-state index contributed by atoms with van der Waals surface area (Å²) in [5, 5.41) is 2.87. The Morgan fingerprint density at radius 2 is 2.13 bits per heavy atom. The number of nitrogens with one attached hydrogen (secondary N) is 1. The van der Waals surface area contributed by atoms with Crippen LogP contribution in [0.25, 0.3) is 0 Å². The minimum Gasteiger partial charge on any atom is -0.337 e. The Morgan fingerprint density at radius 1 is 1.40 bits per heavy atom. The molecule has 15 heavy (non-hydrogen) atoms. The molecule has 0 radical (unpaired) electrons. The summed E-state index contributed by atoms with van der Waals surface area (Å²) in [6.45, 7) is 3.20. The molecule has 2 aliphatic rings. The van der Waals surface area contributed by atoms with Crippen molar-refractivity contribution < 1.29 is 9.59 Å². The van der Waals surface area contributed by atoms with Gasteiger partial charge in [0.1, 0.15) is 0 Å². The molecule has 1 aliphatic carbocycles. The number of carbonyl (C=O) groups is 2. The van der Waals surface area contributed by atoms with Crippen molar-refractivity contribution in [2.45, 2.75) is 39.0 Å². The van der Waals surface area contributed by atoms with Crippen molar-refractivity contribution in [3.63, 3.8) is 0 Å². The van der Waals surface area contributed by atoms with Crippen LogP contribution in [0.1, 0.15) is 39.0 Å². The Kier molecular flexibility index (Phi) is 2.67. The second-order valence-corrected chi connectivity index (χ2v) is 4.73. The van der Waals surface area contributed by atoms with Gasteiger partial charge in [-0.15, -0.1) is 0 Å². The summed E-state index contributed by atoms with van der Waals surface area (Å²) >= 11 is 0. The molecule has 4 heteroatoms. The molecule has 84 valence electrons. The average Bonchev–Trinajstić information content (AvgIpc) is 2.28. The van der Waals surface area contributed by atoms with Crippen LogP contribution in [0.3, 0.4) is 0 Å². The summed E-state index contributed by atoms with van der Waals surface area (Å²) in [6, 6.07) is -0.203. The van der Waals surface area contributed by atoms with Gasteiger partial charge in [0.15, 0.2) is 0 Å². The largest absolute Gasteiger partial charge is 0.337 e. The predicted molar refractivity (Wildman–Crippen MR) is 56.3 cm³/mol. The minimum absolute atomic E-state index is 0.00606. The van der Waals surface area contributed by atoms with Gasteiger partial charge in [-0.05, 0) is 24.7 Å². The summed E-state index contributed by atoms with van der Waals surface area (Å²) in [7, 11) is 0. The molecule has 2 fully saturated rings. The zero-order chi connectivity index (χ0) is 10.9. The molecule has 0 unspecified atom stereocenters. The third-order valence-electron chi connectivity index (χ3n) is 3.55. The predicted octanol–water partition coefficient (Wildman–Crippen LogP) is 1.51. The lowest BCUT2D eigenvalue weighted by Crippen LogP contribution is -2.42. The number of hydrogen-bond donors (Lipinski definition) is 1. The first-order valence-corrected chi connectivity index (χ1v) is 5.75. The summed E-state index contributed by atoms with van der Waals surface area (Å²) in [4.78, 5) is 24.9. The summed E-state index contributed by atoms with van der Waals surface area (Å²) in [5.74, 6) is 0.00606. The number of rotatable bonds is 2. The molecule has 1 heterocycles. The van der Waals surface area contributed by atoms with E-state index in [-0.39, 0.29) is 17.4 Å². The molecular formula is C11H18N2O2. The van der Waals surface area contributed by atoms with Crippen LogP contribution >= 0.6 is 0 Å². The van der Waals surface area contributed by atoms with Crippen molar-refractivity contribution in [3.8, 4) is 0 Å². The van der Waals surface area contributed by atoms with Gasteiger partial charge in [-0.2, -0.15) is 0 Å². The quantitative estimate of drug-likeness (QED) is 0.751. The molecule has 1 aliphatic heterocycles. The third kappa shape index (κ3) is 1.85. The number of nitrogens with zero attached hydrogens (tertiary/aromatic N) is 1. The molecule has 0 bridgehead atoms. The van der Waals surface area contributed by atoms with Gasteiger partial charge >= 0.3 is 6.03 Å². The van der Waals surface area contributed by atoms with Crippen LogP contribution in [0.5, 0.6) is 0 Å². The summed E-state index contributed by atoms with van der Waals surface area (Å²) in [5.41, 5.74) is 0.0925. The molecule has 1 saturated heterocycles. The molecular weight excluding hydrogens is 192 g/mol. The van der Waals surface area contributed by atoms with Gasteiger partial charge in [0, 0.05) is 19.5 Å². The smallest absolute Gasteiger partial charge is 0.324 e. The number of amides is 3. The van der Waals surface area contributed by atoms with E-state index in [4.69, 9.17) is 0 Å². The monoisotopic (exact) mass is 210 g/mol. The van der Waals surface area contributed by atoms with Crippen LogP contribution in [0.4, 0.5) is 4.79 Å². The standard InChI is InChI=1S/C11H18N2O2/c1-2-6-13-9(14)7-11(4-3-5-11)8-12-10(13)15/h2-8H2,1H3,(H,12,15). The Hall–Kier alpha value is -1.06. The van der Waals surface area contributed by atoms with E-state index in [1.165, 1.54) is 11.3 Å². The van der Waals surface area contributed by atoms with E-state index in [2.05, 4.69) is 5.32 Å². The maximum Gasteiger partial charge on any atom is 0.324 e. The van der Waals surface area contributed by atoms with Crippen LogP contribution in [0, 0.1) is 5.41 Å². The van der Waals surface area contributed by atoms with Gasteiger partial charge in [-0.25, -0.2) is 4.79 Å². The van der Waals surface area contributed by atoms with Gasteiger partial charge in [-0.3, -0.25) is 9.69 Å². The van der Waals surface area contributed by atoms with Crippen molar-refractivity contribution in [1.29, 1.82) is 0 Å². The Bertz CT molecular complexity index is 284. The van der Waals surface area contributed by atoms with Crippen LogP contribution < -0.4 is 5.32 Å². The van der Waals surface area contributed by atoms with Gasteiger partial charge in [0.2, 0.25) is 5.91 Å². The van der Waals surface area contributed by atoms with Gasteiger partial charge in [0.25, 0.3) is 0 Å². The molecule has 0 aromatic carbocycles. The first-order chi connectivity index (χ1) is 7.17. The molecule has 1 saturated carbocycles. The van der Waals surface area contributed by atoms with Crippen molar-refractivity contribution in [2.75, 3.05) is 13.1 Å². The number of carbonyl (C=O) groups excluding carboxylic acids is 2. The average molecular weight is 210 g/mol. The zero-order valence-corrected chi connectivity index (χ0v) is 9.21. The first-order valence-electron chi connectivity index (χ1n) is 5.75. The molecule has 1 N–H and O–H groups in total. The van der Waals surface area contributed by atoms with Crippen LogP contribution in [-0.4, -0.2) is 29.9 Å². The molecule has 0 aromatic heterocycles. The SMILES string of the molecule is CCCN1C(=O)CC2(CCC2)CNC1=O. The van der Waals surface area contributed by atoms with E-state index >= 15 is 0 Å². The second-order valence-electron chi connectivity index (χ2n) is 4.73. The first kappa shape index (κ1) is 10.5. The van der Waals surface area contributed by atoms with E-state index in [1.54, 1.807) is 0 Å². The van der Waals surface area contributed by atoms with Crippen molar-refractivity contribution in [2.24, 2.45) is 5.41 Å². The van der Waals surface area contributed by atoms with Crippen molar-refractivity contribution in [3.05, 3.63) is 0 Å². The van der Waals surface area contributed by atoms with E-state index in [0.717, 1.165) is 19.3 Å². The van der Waals surface area contributed by atoms with Gasteiger partial charge < -0.3 is 5.32 Å². The highest BCUT2D eigenvalue weighted by atomic mass is 16.2. The van der Waals surface area contributed by atoms with Crippen LogP contribution in [-0.2, 0) is 4.79 Å². The molecule has 0 atom stereocenters. The molecule has 0 aromatic rings. The molecule has 1 spiro atoms. The fourth-order valence-corrected chi connectivity index (χ4v) is 2.43. The van der Waals surface area contributed by atoms with E-state index < -0.39 is 0 Å². The maximum absolute atomic E-state index is 11.9. The number of urea groups is 1. The molecule has 4 nitrogen and oxygen atoms in total. The fourth-order valence-electron chi connectivity index (χ4n) is 2.43. The lowest BCUT2D eigenvalue weighted by molar-refractivity contribution is -0.131. The zero-order valence-electron chi connectivity index (χ0n) is 9.21. The maximum atomic E-state index is 11.9.